The van der Waals surface area contributed by atoms with Crippen molar-refractivity contribution in [2.75, 3.05) is 0 Å². The Morgan fingerprint density at radius 2 is 1.26 bits per heavy atom. The van der Waals surface area contributed by atoms with Crippen LogP contribution in [0.2, 0.25) is 0 Å². The Bertz CT molecular complexity index is 1060. The molecule has 0 unspecified atom stereocenters. The van der Waals surface area contributed by atoms with Crippen LogP contribution < -0.4 is 0 Å². The summed E-state index contributed by atoms with van der Waals surface area (Å²) in [4.78, 5) is 0. The molecule has 0 heterocycles. The monoisotopic (exact) mass is 356 g/mol. The van der Waals surface area contributed by atoms with Crippen LogP contribution in [0.15, 0.2) is 83.3 Å². The quantitative estimate of drug-likeness (QED) is 0.306. The van der Waals surface area contributed by atoms with Crippen molar-refractivity contribution in [1.82, 2.24) is 0 Å². The molecule has 0 spiro atoms. The fraction of sp³-hybridized carbons (Fsp3) is 0. The number of hydrogen-bond donors (Lipinski definition) is 0. The van der Waals surface area contributed by atoms with Crippen molar-refractivity contribution in [2.45, 2.75) is 0 Å². The highest BCUT2D eigenvalue weighted by atomic mass is 79.9. The number of benzene rings is 4. The molecule has 108 valence electrons. The van der Waals surface area contributed by atoms with E-state index in [0.29, 0.717) is 0 Å². The highest BCUT2D eigenvalue weighted by Gasteiger charge is 2.23. The van der Waals surface area contributed by atoms with E-state index in [2.05, 4.69) is 94.8 Å². The molecule has 0 N–H and O–H groups in total. The highest BCUT2D eigenvalue weighted by Crippen LogP contribution is 2.50. The maximum atomic E-state index is 3.53. The molecule has 0 bridgehead atoms. The molecule has 4 aromatic carbocycles. The van der Waals surface area contributed by atoms with Gasteiger partial charge in [0.15, 0.2) is 0 Å². The molecule has 0 saturated heterocycles. The van der Waals surface area contributed by atoms with E-state index in [-0.39, 0.29) is 0 Å². The van der Waals surface area contributed by atoms with E-state index >= 15 is 0 Å². The average molecular weight is 357 g/mol. The zero-order valence-electron chi connectivity index (χ0n) is 12.4. The Hall–Kier alpha value is -2.38. The Balaban J connectivity index is 1.93. The van der Waals surface area contributed by atoms with Gasteiger partial charge < -0.3 is 0 Å². The minimum absolute atomic E-state index is 1.11. The van der Waals surface area contributed by atoms with Crippen molar-refractivity contribution in [3.8, 4) is 33.4 Å². The van der Waals surface area contributed by atoms with Crippen LogP contribution in [0.1, 0.15) is 0 Å². The van der Waals surface area contributed by atoms with Crippen LogP contribution in [-0.4, -0.2) is 0 Å². The second kappa shape index (κ2) is 4.81. The molecule has 5 rings (SSSR count). The van der Waals surface area contributed by atoms with E-state index in [4.69, 9.17) is 0 Å². The summed E-state index contributed by atoms with van der Waals surface area (Å²) in [7, 11) is 0. The molecule has 1 aliphatic carbocycles. The van der Waals surface area contributed by atoms with E-state index in [1.165, 1.54) is 44.2 Å². The Kier molecular flexibility index (Phi) is 2.74. The van der Waals surface area contributed by atoms with Crippen LogP contribution in [0.4, 0.5) is 0 Å². The van der Waals surface area contributed by atoms with Crippen LogP contribution in [0.25, 0.3) is 44.2 Å². The minimum Gasteiger partial charge on any atom is -0.0616 e. The lowest BCUT2D eigenvalue weighted by Gasteiger charge is -2.11. The standard InChI is InChI=1S/C22H13Br/c23-16-11-8-14(9-12-16)17-13-10-15-4-3-7-19-18-5-1-2-6-20(18)22(17)21(15)19/h1-13H. The van der Waals surface area contributed by atoms with Gasteiger partial charge in [0.2, 0.25) is 0 Å². The predicted octanol–water partition coefficient (Wildman–Crippen LogP) is 6.92. The van der Waals surface area contributed by atoms with Crippen molar-refractivity contribution >= 4 is 26.7 Å². The molecule has 23 heavy (non-hydrogen) atoms. The zero-order chi connectivity index (χ0) is 15.4. The number of fused-ring (bicyclic) bond motifs is 3. The smallest absolute Gasteiger partial charge is 0.0175 e. The topological polar surface area (TPSA) is 0 Å². The third-order valence-corrected chi connectivity index (χ3v) is 5.22. The first-order valence-corrected chi connectivity index (χ1v) is 8.54. The zero-order valence-corrected chi connectivity index (χ0v) is 14.0. The van der Waals surface area contributed by atoms with Crippen molar-refractivity contribution in [3.63, 3.8) is 0 Å². The lowest BCUT2D eigenvalue weighted by molar-refractivity contribution is 1.61. The number of hydrogen-bond acceptors (Lipinski definition) is 0. The predicted molar refractivity (Wildman–Crippen MR) is 102 cm³/mol. The van der Waals surface area contributed by atoms with Crippen LogP contribution in [0.3, 0.4) is 0 Å². The molecule has 0 saturated carbocycles. The number of halogens is 1. The van der Waals surface area contributed by atoms with Gasteiger partial charge in [-0.3, -0.25) is 0 Å². The third-order valence-electron chi connectivity index (χ3n) is 4.69. The van der Waals surface area contributed by atoms with Gasteiger partial charge in [-0.15, -0.1) is 0 Å². The van der Waals surface area contributed by atoms with Gasteiger partial charge in [-0.1, -0.05) is 82.7 Å². The summed E-state index contributed by atoms with van der Waals surface area (Å²) in [5.41, 5.74) is 7.98. The van der Waals surface area contributed by atoms with Gasteiger partial charge in [-0.2, -0.15) is 0 Å². The summed E-state index contributed by atoms with van der Waals surface area (Å²) < 4.78 is 1.11. The third kappa shape index (κ3) is 1.83. The summed E-state index contributed by atoms with van der Waals surface area (Å²) in [5, 5.41) is 2.70. The van der Waals surface area contributed by atoms with E-state index in [0.717, 1.165) is 4.47 Å². The fourth-order valence-corrected chi connectivity index (χ4v) is 3.95. The maximum absolute atomic E-state index is 3.53. The molecule has 0 fully saturated rings. The first-order valence-electron chi connectivity index (χ1n) is 7.74. The van der Waals surface area contributed by atoms with E-state index in [9.17, 15) is 0 Å². The van der Waals surface area contributed by atoms with Gasteiger partial charge in [0.05, 0.1) is 0 Å². The van der Waals surface area contributed by atoms with Gasteiger partial charge in [-0.05, 0) is 56.3 Å². The highest BCUT2D eigenvalue weighted by molar-refractivity contribution is 9.10. The second-order valence-corrected chi connectivity index (χ2v) is 6.86. The maximum Gasteiger partial charge on any atom is 0.0175 e. The fourth-order valence-electron chi connectivity index (χ4n) is 3.69. The molecule has 0 aromatic heterocycles. The van der Waals surface area contributed by atoms with Crippen molar-refractivity contribution in [3.05, 3.63) is 83.3 Å². The molecular weight excluding hydrogens is 344 g/mol. The van der Waals surface area contributed by atoms with Gasteiger partial charge in [0, 0.05) is 4.47 Å². The first-order chi connectivity index (χ1) is 11.3. The van der Waals surface area contributed by atoms with Crippen LogP contribution >= 0.6 is 15.9 Å². The largest absolute Gasteiger partial charge is 0.0616 e. The molecule has 0 radical (unpaired) electrons. The second-order valence-electron chi connectivity index (χ2n) is 5.94. The Morgan fingerprint density at radius 3 is 2.09 bits per heavy atom. The number of rotatable bonds is 1. The molecule has 1 aliphatic rings. The van der Waals surface area contributed by atoms with Crippen LogP contribution in [-0.2, 0) is 0 Å². The van der Waals surface area contributed by atoms with E-state index in [1.807, 2.05) is 0 Å². The Labute approximate surface area is 143 Å². The minimum atomic E-state index is 1.11. The summed E-state index contributed by atoms with van der Waals surface area (Å²) in [6.45, 7) is 0. The van der Waals surface area contributed by atoms with Crippen molar-refractivity contribution < 1.29 is 0 Å². The molecule has 0 amide bonds. The van der Waals surface area contributed by atoms with Crippen LogP contribution in [0, 0.1) is 0 Å². The normalized spacial score (nSPS) is 11.7. The Morgan fingerprint density at radius 1 is 0.522 bits per heavy atom. The summed E-state index contributed by atoms with van der Waals surface area (Å²) >= 11 is 3.53. The van der Waals surface area contributed by atoms with Crippen LogP contribution in [0.5, 0.6) is 0 Å². The lowest BCUT2D eigenvalue weighted by Crippen LogP contribution is -1.84. The average Bonchev–Trinajstić information content (AvgIpc) is 2.94. The molecule has 1 heteroatoms. The molecular formula is C22H13Br. The van der Waals surface area contributed by atoms with Gasteiger partial charge in [0.25, 0.3) is 0 Å². The molecule has 4 aromatic rings. The summed E-state index contributed by atoms with van der Waals surface area (Å²) in [5.74, 6) is 0. The summed E-state index contributed by atoms with van der Waals surface area (Å²) in [6, 6.07) is 28.4. The molecule has 0 nitrogen and oxygen atoms in total. The van der Waals surface area contributed by atoms with E-state index < -0.39 is 0 Å². The van der Waals surface area contributed by atoms with Gasteiger partial charge in [-0.25, -0.2) is 0 Å². The lowest BCUT2D eigenvalue weighted by atomic mass is 9.93. The van der Waals surface area contributed by atoms with Gasteiger partial charge >= 0.3 is 0 Å². The van der Waals surface area contributed by atoms with Gasteiger partial charge in [0.1, 0.15) is 0 Å². The van der Waals surface area contributed by atoms with Crippen molar-refractivity contribution in [2.24, 2.45) is 0 Å². The molecule has 0 atom stereocenters. The molecule has 0 aliphatic heterocycles. The summed E-state index contributed by atoms with van der Waals surface area (Å²) in [6.07, 6.45) is 0. The van der Waals surface area contributed by atoms with E-state index in [1.54, 1.807) is 0 Å². The first kappa shape index (κ1) is 13.1. The SMILES string of the molecule is Brc1ccc(-c2ccc3cccc4c3c2-c2ccccc2-4)cc1. The van der Waals surface area contributed by atoms with Crippen molar-refractivity contribution in [1.29, 1.82) is 0 Å².